The van der Waals surface area contributed by atoms with Crippen molar-refractivity contribution in [3.05, 3.63) is 65.2 Å². The Morgan fingerprint density at radius 3 is 2.33 bits per heavy atom. The molecule has 1 aliphatic rings. The maximum atomic E-state index is 13.9. The van der Waals surface area contributed by atoms with Crippen molar-refractivity contribution in [3.8, 4) is 5.75 Å². The number of carbonyl (C=O) groups excluding carboxylic acids is 2. The lowest BCUT2D eigenvalue weighted by atomic mass is 9.99. The van der Waals surface area contributed by atoms with Crippen LogP contribution in [-0.4, -0.2) is 49.0 Å². The van der Waals surface area contributed by atoms with E-state index < -0.39 is 29.1 Å². The van der Waals surface area contributed by atoms with Gasteiger partial charge in [-0.1, -0.05) is 32.0 Å². The summed E-state index contributed by atoms with van der Waals surface area (Å²) in [6.45, 7) is 6.00. The molecule has 0 bridgehead atoms. The molecule has 0 radical (unpaired) electrons. The molecule has 178 valence electrons. The number of hydrogen-bond donors (Lipinski definition) is 2. The number of piperidine rings is 1. The van der Waals surface area contributed by atoms with E-state index in [2.05, 4.69) is 21.6 Å². The van der Waals surface area contributed by atoms with Crippen molar-refractivity contribution in [1.82, 2.24) is 15.5 Å². The van der Waals surface area contributed by atoms with E-state index >= 15 is 0 Å². The van der Waals surface area contributed by atoms with Gasteiger partial charge in [-0.2, -0.15) is 0 Å². The van der Waals surface area contributed by atoms with Gasteiger partial charge in [0, 0.05) is 25.7 Å². The number of halogens is 2. The standard InChI is InChI=1S/C25H31F2N3O3/c1-16(2)23(29-24(31)22-20(26)8-5-9-21(22)27)25(32)28-18-10-12-30(13-11-18)15-17-6-4-7-19(14-17)33-3/h4-9,14,16,18,23H,10-13,15H2,1-3H3,(H,28,32)(H,29,31)/t23-/m0/s1. The molecule has 0 spiro atoms. The molecule has 0 unspecified atom stereocenters. The van der Waals surface area contributed by atoms with Crippen LogP contribution in [0.15, 0.2) is 42.5 Å². The number of carbonyl (C=O) groups is 2. The van der Waals surface area contributed by atoms with E-state index in [1.165, 1.54) is 11.6 Å². The third kappa shape index (κ3) is 6.51. The average Bonchev–Trinajstić information content (AvgIpc) is 2.78. The molecule has 33 heavy (non-hydrogen) atoms. The summed E-state index contributed by atoms with van der Waals surface area (Å²) in [5.74, 6) is -2.63. The van der Waals surface area contributed by atoms with Crippen LogP contribution in [-0.2, 0) is 11.3 Å². The zero-order chi connectivity index (χ0) is 24.0. The van der Waals surface area contributed by atoms with Crippen molar-refractivity contribution >= 4 is 11.8 Å². The van der Waals surface area contributed by atoms with Gasteiger partial charge in [0.25, 0.3) is 5.91 Å². The smallest absolute Gasteiger partial charge is 0.257 e. The fraction of sp³-hybridized carbons (Fsp3) is 0.440. The number of likely N-dealkylation sites (tertiary alicyclic amines) is 1. The Bertz CT molecular complexity index is 955. The fourth-order valence-electron chi connectivity index (χ4n) is 4.02. The molecule has 1 heterocycles. The van der Waals surface area contributed by atoms with E-state index in [9.17, 15) is 18.4 Å². The molecule has 1 atom stereocenters. The van der Waals surface area contributed by atoms with Crippen molar-refractivity contribution in [2.24, 2.45) is 5.92 Å². The predicted octanol–water partition coefficient (Wildman–Crippen LogP) is 3.51. The Balaban J connectivity index is 1.54. The van der Waals surface area contributed by atoms with E-state index in [1.807, 2.05) is 18.2 Å². The third-order valence-electron chi connectivity index (χ3n) is 5.90. The molecule has 0 aliphatic carbocycles. The maximum absolute atomic E-state index is 13.9. The first-order valence-electron chi connectivity index (χ1n) is 11.2. The van der Waals surface area contributed by atoms with Crippen LogP contribution in [0.5, 0.6) is 5.75 Å². The average molecular weight is 460 g/mol. The van der Waals surface area contributed by atoms with Crippen molar-refractivity contribution in [3.63, 3.8) is 0 Å². The molecule has 3 rings (SSSR count). The van der Waals surface area contributed by atoms with E-state index in [4.69, 9.17) is 4.74 Å². The molecule has 1 fully saturated rings. The molecule has 2 amide bonds. The highest BCUT2D eigenvalue weighted by molar-refractivity contribution is 5.98. The van der Waals surface area contributed by atoms with Gasteiger partial charge in [0.2, 0.25) is 5.91 Å². The second kappa shape index (κ2) is 11.2. The number of ether oxygens (including phenoxy) is 1. The number of hydrogen-bond acceptors (Lipinski definition) is 4. The highest BCUT2D eigenvalue weighted by Gasteiger charge is 2.29. The Hall–Kier alpha value is -3.00. The highest BCUT2D eigenvalue weighted by atomic mass is 19.1. The first kappa shape index (κ1) is 24.6. The summed E-state index contributed by atoms with van der Waals surface area (Å²) in [5, 5.41) is 5.50. The van der Waals surface area contributed by atoms with Gasteiger partial charge in [-0.15, -0.1) is 0 Å². The molecule has 1 aliphatic heterocycles. The van der Waals surface area contributed by atoms with E-state index in [-0.39, 0.29) is 17.9 Å². The molecule has 0 saturated carbocycles. The number of nitrogens with zero attached hydrogens (tertiary/aromatic N) is 1. The molecule has 2 aromatic rings. The third-order valence-corrected chi connectivity index (χ3v) is 5.90. The quantitative estimate of drug-likeness (QED) is 0.634. The van der Waals surface area contributed by atoms with Gasteiger partial charge in [-0.25, -0.2) is 8.78 Å². The summed E-state index contributed by atoms with van der Waals surface area (Å²) in [5.41, 5.74) is 0.488. The first-order chi connectivity index (χ1) is 15.8. The van der Waals surface area contributed by atoms with Crippen LogP contribution < -0.4 is 15.4 Å². The number of methoxy groups -OCH3 is 1. The van der Waals surface area contributed by atoms with Gasteiger partial charge in [-0.05, 0) is 48.6 Å². The molecular weight excluding hydrogens is 428 g/mol. The highest BCUT2D eigenvalue weighted by Crippen LogP contribution is 2.18. The second-order valence-electron chi connectivity index (χ2n) is 8.70. The van der Waals surface area contributed by atoms with E-state index in [0.717, 1.165) is 50.4 Å². The summed E-state index contributed by atoms with van der Waals surface area (Å²) in [4.78, 5) is 27.7. The number of benzene rings is 2. The summed E-state index contributed by atoms with van der Waals surface area (Å²) in [6.07, 6.45) is 1.55. The number of nitrogens with one attached hydrogen (secondary N) is 2. The molecular formula is C25H31F2N3O3. The first-order valence-corrected chi connectivity index (χ1v) is 11.2. The predicted molar refractivity (Wildman–Crippen MR) is 122 cm³/mol. The zero-order valence-electron chi connectivity index (χ0n) is 19.2. The van der Waals surface area contributed by atoms with E-state index in [0.29, 0.717) is 0 Å². The van der Waals surface area contributed by atoms with Crippen LogP contribution in [0.25, 0.3) is 0 Å². The fourth-order valence-corrected chi connectivity index (χ4v) is 4.02. The monoisotopic (exact) mass is 459 g/mol. The Morgan fingerprint density at radius 2 is 1.73 bits per heavy atom. The Labute approximate surface area is 193 Å². The largest absolute Gasteiger partial charge is 0.497 e. The topological polar surface area (TPSA) is 70.7 Å². The summed E-state index contributed by atoms with van der Waals surface area (Å²) in [7, 11) is 1.65. The lowest BCUT2D eigenvalue weighted by molar-refractivity contribution is -0.125. The van der Waals surface area contributed by atoms with Crippen molar-refractivity contribution in [1.29, 1.82) is 0 Å². The minimum atomic E-state index is -0.959. The summed E-state index contributed by atoms with van der Waals surface area (Å²) < 4.78 is 33.2. The maximum Gasteiger partial charge on any atom is 0.257 e. The van der Waals surface area contributed by atoms with Crippen LogP contribution in [0.2, 0.25) is 0 Å². The van der Waals surface area contributed by atoms with E-state index in [1.54, 1.807) is 21.0 Å². The minimum absolute atomic E-state index is 0.0255. The zero-order valence-corrected chi connectivity index (χ0v) is 19.2. The number of amides is 2. The van der Waals surface area contributed by atoms with Gasteiger partial charge in [0.15, 0.2) is 0 Å². The molecule has 1 saturated heterocycles. The van der Waals surface area contributed by atoms with Crippen molar-refractivity contribution < 1.29 is 23.1 Å². The molecule has 6 nitrogen and oxygen atoms in total. The summed E-state index contributed by atoms with van der Waals surface area (Å²) >= 11 is 0. The summed E-state index contributed by atoms with van der Waals surface area (Å²) in [6, 6.07) is 10.3. The van der Waals surface area contributed by atoms with Crippen LogP contribution in [0, 0.1) is 17.6 Å². The SMILES string of the molecule is COc1cccc(CN2CCC(NC(=O)[C@@H](NC(=O)c3c(F)cccc3F)C(C)C)CC2)c1. The van der Waals surface area contributed by atoms with Crippen molar-refractivity contribution in [2.75, 3.05) is 20.2 Å². The minimum Gasteiger partial charge on any atom is -0.497 e. The van der Waals surface area contributed by atoms with Crippen LogP contribution >= 0.6 is 0 Å². The lowest BCUT2D eigenvalue weighted by Crippen LogP contribution is -2.54. The van der Waals surface area contributed by atoms with Gasteiger partial charge < -0.3 is 15.4 Å². The molecule has 0 aromatic heterocycles. The van der Waals surface area contributed by atoms with Gasteiger partial charge in [0.05, 0.1) is 7.11 Å². The Kier molecular flexibility index (Phi) is 8.38. The second-order valence-corrected chi connectivity index (χ2v) is 8.70. The number of rotatable bonds is 8. The van der Waals surface area contributed by atoms with Crippen LogP contribution in [0.1, 0.15) is 42.6 Å². The van der Waals surface area contributed by atoms with Gasteiger partial charge in [-0.3, -0.25) is 14.5 Å². The lowest BCUT2D eigenvalue weighted by Gasteiger charge is -2.33. The molecule has 2 aromatic carbocycles. The molecule has 8 heteroatoms. The molecule has 2 N–H and O–H groups in total. The normalized spacial score (nSPS) is 15.8. The van der Waals surface area contributed by atoms with Gasteiger partial charge in [0.1, 0.15) is 29.0 Å². The van der Waals surface area contributed by atoms with Crippen LogP contribution in [0.3, 0.4) is 0 Å². The Morgan fingerprint density at radius 1 is 1.09 bits per heavy atom. The van der Waals surface area contributed by atoms with Crippen molar-refractivity contribution in [2.45, 2.75) is 45.3 Å². The van der Waals surface area contributed by atoms with Crippen LogP contribution in [0.4, 0.5) is 8.78 Å². The van der Waals surface area contributed by atoms with Gasteiger partial charge >= 0.3 is 0 Å².